The molecule has 1 rings (SSSR count). The largest absolute Gasteiger partial charge is 0.392 e. The van der Waals surface area contributed by atoms with Crippen LogP contribution in [0, 0.1) is 0 Å². The molecule has 2 atom stereocenters. The van der Waals surface area contributed by atoms with E-state index in [-0.39, 0.29) is 5.38 Å². The third kappa shape index (κ3) is 3.55. The van der Waals surface area contributed by atoms with Crippen molar-refractivity contribution in [1.82, 2.24) is 0 Å². The number of halogens is 2. The summed E-state index contributed by atoms with van der Waals surface area (Å²) >= 11 is 11.6. The van der Waals surface area contributed by atoms with Gasteiger partial charge in [0.15, 0.2) is 0 Å². The van der Waals surface area contributed by atoms with Crippen molar-refractivity contribution in [2.24, 2.45) is 0 Å². The lowest BCUT2D eigenvalue weighted by Crippen LogP contribution is -2.18. The number of rotatable bonds is 3. The van der Waals surface area contributed by atoms with Gasteiger partial charge in [-0.1, -0.05) is 23.7 Å². The number of aliphatic hydroxyl groups is 1. The van der Waals surface area contributed by atoms with Crippen molar-refractivity contribution in [3.63, 3.8) is 0 Å². The Morgan fingerprint density at radius 1 is 1.31 bits per heavy atom. The molecule has 0 aliphatic rings. The van der Waals surface area contributed by atoms with E-state index in [0.717, 1.165) is 5.56 Å². The fourth-order valence-electron chi connectivity index (χ4n) is 1.02. The lowest BCUT2D eigenvalue weighted by molar-refractivity contribution is 0.188. The van der Waals surface area contributed by atoms with E-state index in [1.807, 2.05) is 24.3 Å². The standard InChI is InChI=1S/C10H12Cl2O/c1-7(13)10(12)6-8-2-4-9(11)5-3-8/h2-5,7,10,13H,6H2,1H3/t7-,10?/m0/s1. The highest BCUT2D eigenvalue weighted by molar-refractivity contribution is 6.30. The van der Waals surface area contributed by atoms with Crippen LogP contribution in [-0.4, -0.2) is 16.6 Å². The first-order valence-electron chi connectivity index (χ1n) is 4.16. The van der Waals surface area contributed by atoms with Crippen LogP contribution >= 0.6 is 23.2 Å². The summed E-state index contributed by atoms with van der Waals surface area (Å²) in [5, 5.41) is 9.66. The van der Waals surface area contributed by atoms with E-state index < -0.39 is 6.10 Å². The van der Waals surface area contributed by atoms with E-state index in [1.54, 1.807) is 6.92 Å². The van der Waals surface area contributed by atoms with Crippen molar-refractivity contribution in [3.05, 3.63) is 34.9 Å². The van der Waals surface area contributed by atoms with E-state index in [0.29, 0.717) is 11.4 Å². The third-order valence-corrected chi connectivity index (χ3v) is 2.64. The molecule has 0 saturated carbocycles. The fourth-order valence-corrected chi connectivity index (χ4v) is 1.32. The van der Waals surface area contributed by atoms with Gasteiger partial charge in [-0.3, -0.25) is 0 Å². The molecule has 0 aliphatic heterocycles. The van der Waals surface area contributed by atoms with Gasteiger partial charge in [-0.25, -0.2) is 0 Å². The second kappa shape index (κ2) is 4.85. The lowest BCUT2D eigenvalue weighted by atomic mass is 10.1. The number of benzene rings is 1. The van der Waals surface area contributed by atoms with Crippen LogP contribution in [0.5, 0.6) is 0 Å². The molecule has 1 aromatic carbocycles. The number of aliphatic hydroxyl groups excluding tert-OH is 1. The third-order valence-electron chi connectivity index (χ3n) is 1.87. The average Bonchev–Trinajstić information content (AvgIpc) is 2.08. The normalized spacial score (nSPS) is 15.4. The average molecular weight is 219 g/mol. The van der Waals surface area contributed by atoms with Gasteiger partial charge in [-0.2, -0.15) is 0 Å². The Labute approximate surface area is 88.3 Å². The molecule has 0 aromatic heterocycles. The number of alkyl halides is 1. The minimum Gasteiger partial charge on any atom is -0.392 e. The highest BCUT2D eigenvalue weighted by Crippen LogP contribution is 2.14. The van der Waals surface area contributed by atoms with E-state index in [2.05, 4.69) is 0 Å². The van der Waals surface area contributed by atoms with E-state index in [9.17, 15) is 5.11 Å². The second-order valence-corrected chi connectivity index (χ2v) is 4.08. The van der Waals surface area contributed by atoms with Crippen molar-refractivity contribution in [1.29, 1.82) is 0 Å². The number of hydrogen-bond acceptors (Lipinski definition) is 1. The molecule has 0 amide bonds. The summed E-state index contributed by atoms with van der Waals surface area (Å²) < 4.78 is 0. The predicted molar refractivity (Wildman–Crippen MR) is 56.5 cm³/mol. The Bertz CT molecular complexity index is 256. The molecule has 13 heavy (non-hydrogen) atoms. The van der Waals surface area contributed by atoms with Gasteiger partial charge in [0.05, 0.1) is 11.5 Å². The molecule has 0 spiro atoms. The van der Waals surface area contributed by atoms with Crippen LogP contribution in [0.4, 0.5) is 0 Å². The van der Waals surface area contributed by atoms with Gasteiger partial charge in [0.2, 0.25) is 0 Å². The quantitative estimate of drug-likeness (QED) is 0.775. The molecule has 1 N–H and O–H groups in total. The summed E-state index contributed by atoms with van der Waals surface area (Å²) in [5.41, 5.74) is 1.09. The molecule has 0 bridgehead atoms. The van der Waals surface area contributed by atoms with Gasteiger partial charge >= 0.3 is 0 Å². The van der Waals surface area contributed by atoms with Crippen molar-refractivity contribution in [2.45, 2.75) is 24.8 Å². The van der Waals surface area contributed by atoms with Crippen LogP contribution in [0.1, 0.15) is 12.5 Å². The molecular weight excluding hydrogens is 207 g/mol. The summed E-state index contributed by atoms with van der Waals surface area (Å²) in [7, 11) is 0. The molecular formula is C10H12Cl2O. The monoisotopic (exact) mass is 218 g/mol. The summed E-state index contributed by atoms with van der Waals surface area (Å²) in [4.78, 5) is 0. The molecule has 3 heteroatoms. The van der Waals surface area contributed by atoms with Gasteiger partial charge in [0, 0.05) is 5.02 Å². The highest BCUT2D eigenvalue weighted by Gasteiger charge is 2.11. The summed E-state index contributed by atoms with van der Waals surface area (Å²) in [6.45, 7) is 1.69. The molecule has 72 valence electrons. The SMILES string of the molecule is C[C@H](O)C(Cl)Cc1ccc(Cl)cc1. The molecule has 0 fully saturated rings. The Hall–Kier alpha value is -0.240. The van der Waals surface area contributed by atoms with Crippen molar-refractivity contribution >= 4 is 23.2 Å². The van der Waals surface area contributed by atoms with Crippen LogP contribution in [0.25, 0.3) is 0 Å². The van der Waals surface area contributed by atoms with E-state index in [1.165, 1.54) is 0 Å². The highest BCUT2D eigenvalue weighted by atomic mass is 35.5. The first-order chi connectivity index (χ1) is 6.09. The fraction of sp³-hybridized carbons (Fsp3) is 0.400. The minimum absolute atomic E-state index is 0.235. The zero-order valence-electron chi connectivity index (χ0n) is 7.37. The molecule has 1 nitrogen and oxygen atoms in total. The Kier molecular flexibility index (Phi) is 4.04. The van der Waals surface area contributed by atoms with Gasteiger partial charge < -0.3 is 5.11 Å². The lowest BCUT2D eigenvalue weighted by Gasteiger charge is -2.11. The first-order valence-corrected chi connectivity index (χ1v) is 4.97. The van der Waals surface area contributed by atoms with Gasteiger partial charge in [-0.15, -0.1) is 11.6 Å². The zero-order chi connectivity index (χ0) is 9.84. The van der Waals surface area contributed by atoms with Gasteiger partial charge in [0.25, 0.3) is 0 Å². The minimum atomic E-state index is -0.489. The van der Waals surface area contributed by atoms with Crippen molar-refractivity contribution < 1.29 is 5.11 Å². The van der Waals surface area contributed by atoms with Crippen LogP contribution in [0.2, 0.25) is 5.02 Å². The van der Waals surface area contributed by atoms with Crippen LogP contribution in [-0.2, 0) is 6.42 Å². The second-order valence-electron chi connectivity index (χ2n) is 3.09. The maximum Gasteiger partial charge on any atom is 0.0678 e. The smallest absolute Gasteiger partial charge is 0.0678 e. The molecule has 0 heterocycles. The molecule has 1 unspecified atom stereocenters. The van der Waals surface area contributed by atoms with Crippen LogP contribution in [0.3, 0.4) is 0 Å². The molecule has 0 aliphatic carbocycles. The number of hydrogen-bond donors (Lipinski definition) is 1. The van der Waals surface area contributed by atoms with Crippen LogP contribution < -0.4 is 0 Å². The molecule has 0 radical (unpaired) electrons. The van der Waals surface area contributed by atoms with Crippen molar-refractivity contribution in [2.75, 3.05) is 0 Å². The predicted octanol–water partition coefficient (Wildman–Crippen LogP) is 2.87. The molecule has 1 aromatic rings. The summed E-state index contributed by atoms with van der Waals surface area (Å²) in [6.07, 6.45) is 0.175. The Morgan fingerprint density at radius 2 is 1.85 bits per heavy atom. The molecule has 0 saturated heterocycles. The zero-order valence-corrected chi connectivity index (χ0v) is 8.89. The Morgan fingerprint density at radius 3 is 2.31 bits per heavy atom. The van der Waals surface area contributed by atoms with Gasteiger partial charge in [0.1, 0.15) is 0 Å². The van der Waals surface area contributed by atoms with E-state index >= 15 is 0 Å². The maximum absolute atomic E-state index is 9.18. The van der Waals surface area contributed by atoms with Crippen LogP contribution in [0.15, 0.2) is 24.3 Å². The van der Waals surface area contributed by atoms with Gasteiger partial charge in [-0.05, 0) is 31.0 Å². The van der Waals surface area contributed by atoms with E-state index in [4.69, 9.17) is 23.2 Å². The summed E-state index contributed by atoms with van der Waals surface area (Å²) in [5.74, 6) is 0. The van der Waals surface area contributed by atoms with Crippen molar-refractivity contribution in [3.8, 4) is 0 Å². The first kappa shape index (κ1) is 10.8. The topological polar surface area (TPSA) is 20.2 Å². The summed E-state index contributed by atoms with van der Waals surface area (Å²) in [6, 6.07) is 7.48. The Balaban J connectivity index is 2.59. The maximum atomic E-state index is 9.18.